The molecule has 6 nitrogen and oxygen atoms in total. The third-order valence-electron chi connectivity index (χ3n) is 3.57. The van der Waals surface area contributed by atoms with Crippen molar-refractivity contribution in [1.82, 2.24) is 15.5 Å². The zero-order chi connectivity index (χ0) is 13.0. The molecule has 1 aliphatic heterocycles. The normalized spacial score (nSPS) is 23.3. The van der Waals surface area contributed by atoms with E-state index in [9.17, 15) is 9.59 Å². The lowest BCUT2D eigenvalue weighted by molar-refractivity contribution is -0.120. The topological polar surface area (TPSA) is 87.5 Å². The van der Waals surface area contributed by atoms with E-state index in [1.54, 1.807) is 0 Å². The molecule has 1 heterocycles. The predicted molar refractivity (Wildman–Crippen MR) is 68.0 cm³/mol. The van der Waals surface area contributed by atoms with Crippen molar-refractivity contribution in [1.29, 1.82) is 0 Å². The van der Waals surface area contributed by atoms with Crippen LogP contribution in [0.2, 0.25) is 0 Å². The van der Waals surface area contributed by atoms with Gasteiger partial charge >= 0.3 is 6.03 Å². The van der Waals surface area contributed by atoms with E-state index in [4.69, 9.17) is 5.73 Å². The van der Waals surface area contributed by atoms with Crippen molar-refractivity contribution in [2.45, 2.75) is 44.2 Å². The number of imide groups is 1. The molecular weight excluding hydrogens is 232 g/mol. The lowest BCUT2D eigenvalue weighted by Gasteiger charge is -2.25. The average molecular weight is 254 g/mol. The maximum Gasteiger partial charge on any atom is 0.318 e. The van der Waals surface area contributed by atoms with Crippen LogP contribution in [0.25, 0.3) is 0 Å². The highest BCUT2D eigenvalue weighted by Crippen LogP contribution is 2.27. The minimum absolute atomic E-state index is 0.285. The van der Waals surface area contributed by atoms with Crippen LogP contribution < -0.4 is 16.4 Å². The van der Waals surface area contributed by atoms with E-state index < -0.39 is 6.03 Å². The van der Waals surface area contributed by atoms with Crippen molar-refractivity contribution in [3.8, 4) is 0 Å². The molecule has 0 radical (unpaired) electrons. The van der Waals surface area contributed by atoms with Gasteiger partial charge in [0.15, 0.2) is 0 Å². The molecule has 2 rings (SSSR count). The van der Waals surface area contributed by atoms with E-state index in [2.05, 4.69) is 15.5 Å². The maximum absolute atomic E-state index is 11.4. The smallest absolute Gasteiger partial charge is 0.318 e. The van der Waals surface area contributed by atoms with E-state index in [0.717, 1.165) is 13.1 Å². The van der Waals surface area contributed by atoms with Crippen LogP contribution in [0.4, 0.5) is 4.79 Å². The highest BCUT2D eigenvalue weighted by Gasteiger charge is 2.31. The van der Waals surface area contributed by atoms with Gasteiger partial charge in [0.05, 0.1) is 0 Å². The lowest BCUT2D eigenvalue weighted by Crippen LogP contribution is -2.42. The number of hydrogen-bond acceptors (Lipinski definition) is 4. The molecule has 18 heavy (non-hydrogen) atoms. The summed E-state index contributed by atoms with van der Waals surface area (Å²) in [5, 5.41) is 5.58. The van der Waals surface area contributed by atoms with E-state index >= 15 is 0 Å². The Morgan fingerprint density at radius 1 is 1.33 bits per heavy atom. The number of hydrogen-bond donors (Lipinski definition) is 3. The molecule has 0 aromatic heterocycles. The fraction of sp³-hybridized carbons (Fsp3) is 0.833. The number of urea groups is 1. The van der Waals surface area contributed by atoms with Crippen LogP contribution in [0.5, 0.6) is 0 Å². The van der Waals surface area contributed by atoms with Gasteiger partial charge in [0.25, 0.3) is 0 Å². The molecule has 6 heteroatoms. The van der Waals surface area contributed by atoms with Crippen LogP contribution in [0.15, 0.2) is 0 Å². The molecule has 1 aliphatic carbocycles. The summed E-state index contributed by atoms with van der Waals surface area (Å²) in [6, 6.07) is 0.425. The number of nitrogens with two attached hydrogens (primary N) is 1. The summed E-state index contributed by atoms with van der Waals surface area (Å²) in [4.78, 5) is 24.3. The Morgan fingerprint density at radius 3 is 2.67 bits per heavy atom. The first-order valence-corrected chi connectivity index (χ1v) is 6.72. The standard InChI is InChI=1S/C12H22N4O2/c13-12(18)15-11(17)5-7-16(10-3-4-10)8-9-2-1-6-14-9/h9-10,14H,1-8H2,(H3,13,15,17,18). The third-order valence-corrected chi connectivity index (χ3v) is 3.57. The quantitative estimate of drug-likeness (QED) is 0.612. The Bertz CT molecular complexity index is 311. The summed E-state index contributed by atoms with van der Waals surface area (Å²) in [7, 11) is 0. The summed E-state index contributed by atoms with van der Waals surface area (Å²) in [5.74, 6) is -0.285. The molecule has 102 valence electrons. The number of carbonyl (C=O) groups is 2. The molecule has 4 N–H and O–H groups in total. The number of amides is 3. The van der Waals surface area contributed by atoms with Gasteiger partial charge in [-0.05, 0) is 32.2 Å². The van der Waals surface area contributed by atoms with Gasteiger partial charge in [-0.2, -0.15) is 0 Å². The summed E-state index contributed by atoms with van der Waals surface area (Å²) >= 11 is 0. The summed E-state index contributed by atoms with van der Waals surface area (Å²) in [5.41, 5.74) is 4.91. The lowest BCUT2D eigenvalue weighted by atomic mass is 10.2. The van der Waals surface area contributed by atoms with E-state index in [1.165, 1.54) is 25.7 Å². The van der Waals surface area contributed by atoms with Gasteiger partial charge in [-0.3, -0.25) is 15.0 Å². The largest absolute Gasteiger partial charge is 0.351 e. The van der Waals surface area contributed by atoms with Crippen molar-refractivity contribution < 1.29 is 9.59 Å². The average Bonchev–Trinajstić information content (AvgIpc) is 3.02. The minimum atomic E-state index is -0.768. The van der Waals surface area contributed by atoms with Gasteiger partial charge < -0.3 is 11.1 Å². The van der Waals surface area contributed by atoms with Crippen LogP contribution in [0.3, 0.4) is 0 Å². The van der Waals surface area contributed by atoms with E-state index in [1.807, 2.05) is 0 Å². The number of primary amides is 1. The van der Waals surface area contributed by atoms with Crippen molar-refractivity contribution in [3.05, 3.63) is 0 Å². The molecule has 1 saturated heterocycles. The van der Waals surface area contributed by atoms with Crippen molar-refractivity contribution in [3.63, 3.8) is 0 Å². The molecule has 0 aromatic rings. The molecule has 0 aromatic carbocycles. The molecule has 1 atom stereocenters. The summed E-state index contributed by atoms with van der Waals surface area (Å²) in [6.07, 6.45) is 5.25. The van der Waals surface area contributed by atoms with E-state index in [-0.39, 0.29) is 5.91 Å². The second-order valence-electron chi connectivity index (χ2n) is 5.18. The van der Waals surface area contributed by atoms with Gasteiger partial charge in [-0.25, -0.2) is 4.79 Å². The first kappa shape index (κ1) is 13.3. The number of carbonyl (C=O) groups excluding carboxylic acids is 2. The predicted octanol–water partition coefficient (Wildman–Crippen LogP) is -0.212. The van der Waals surface area contributed by atoms with Crippen molar-refractivity contribution >= 4 is 11.9 Å². The zero-order valence-electron chi connectivity index (χ0n) is 10.7. The number of nitrogens with zero attached hydrogens (tertiary/aromatic N) is 1. The molecule has 0 bridgehead atoms. The second kappa shape index (κ2) is 6.15. The molecular formula is C12H22N4O2. The van der Waals surface area contributed by atoms with Gasteiger partial charge in [-0.1, -0.05) is 0 Å². The Kier molecular flexibility index (Phi) is 4.54. The van der Waals surface area contributed by atoms with Crippen LogP contribution in [-0.2, 0) is 4.79 Å². The number of rotatable bonds is 6. The fourth-order valence-electron chi connectivity index (χ4n) is 2.50. The van der Waals surface area contributed by atoms with Gasteiger partial charge in [0, 0.05) is 31.6 Å². The monoisotopic (exact) mass is 254 g/mol. The fourth-order valence-corrected chi connectivity index (χ4v) is 2.50. The number of nitrogens with one attached hydrogen (secondary N) is 2. The third kappa shape index (κ3) is 4.27. The van der Waals surface area contributed by atoms with Gasteiger partial charge in [0.2, 0.25) is 5.91 Å². The van der Waals surface area contributed by atoms with Crippen LogP contribution in [-0.4, -0.2) is 48.6 Å². The Hall–Kier alpha value is -1.14. The summed E-state index contributed by atoms with van der Waals surface area (Å²) in [6.45, 7) is 2.82. The highest BCUT2D eigenvalue weighted by atomic mass is 16.2. The molecule has 1 unspecified atom stereocenters. The molecule has 1 saturated carbocycles. The van der Waals surface area contributed by atoms with Gasteiger partial charge in [0.1, 0.15) is 0 Å². The van der Waals surface area contributed by atoms with Crippen LogP contribution >= 0.6 is 0 Å². The Labute approximate surface area is 107 Å². The Balaban J connectivity index is 1.72. The van der Waals surface area contributed by atoms with E-state index in [0.29, 0.717) is 25.0 Å². The molecule has 2 fully saturated rings. The van der Waals surface area contributed by atoms with Gasteiger partial charge in [-0.15, -0.1) is 0 Å². The first-order valence-electron chi connectivity index (χ1n) is 6.72. The second-order valence-corrected chi connectivity index (χ2v) is 5.18. The maximum atomic E-state index is 11.4. The van der Waals surface area contributed by atoms with Crippen molar-refractivity contribution in [2.75, 3.05) is 19.6 Å². The first-order chi connectivity index (χ1) is 8.65. The molecule has 2 aliphatic rings. The van der Waals surface area contributed by atoms with Crippen LogP contribution in [0.1, 0.15) is 32.1 Å². The summed E-state index contributed by atoms with van der Waals surface area (Å²) < 4.78 is 0. The molecule has 0 spiro atoms. The highest BCUT2D eigenvalue weighted by molar-refractivity contribution is 5.93. The SMILES string of the molecule is NC(=O)NC(=O)CCN(CC1CCCN1)C1CC1. The van der Waals surface area contributed by atoms with Crippen molar-refractivity contribution in [2.24, 2.45) is 5.73 Å². The minimum Gasteiger partial charge on any atom is -0.351 e. The zero-order valence-corrected chi connectivity index (χ0v) is 10.7. The molecule has 3 amide bonds. The Morgan fingerprint density at radius 2 is 2.11 bits per heavy atom. The van der Waals surface area contributed by atoms with Crippen LogP contribution in [0, 0.1) is 0 Å².